The monoisotopic (exact) mass is 445 g/mol. The van der Waals surface area contributed by atoms with Crippen LogP contribution in [-0.2, 0) is 16.0 Å². The molecule has 0 aliphatic heterocycles. The van der Waals surface area contributed by atoms with Crippen LogP contribution in [0.15, 0.2) is 46.2 Å². The number of hydrogen-bond donors (Lipinski definition) is 1. The summed E-state index contributed by atoms with van der Waals surface area (Å²) in [5.74, 6) is -0.0158. The quantitative estimate of drug-likeness (QED) is 0.230. The molecule has 0 radical (unpaired) electrons. The van der Waals surface area contributed by atoms with Gasteiger partial charge in [0.2, 0.25) is 5.13 Å². The number of nitrogens with zero attached hydrogens (tertiary/aromatic N) is 2. The minimum absolute atomic E-state index is 0.124. The van der Waals surface area contributed by atoms with Gasteiger partial charge in [0.05, 0.1) is 32.0 Å². The van der Waals surface area contributed by atoms with Crippen molar-refractivity contribution in [1.82, 2.24) is 4.98 Å². The number of benzene rings is 1. The Hall–Kier alpha value is -3.24. The zero-order chi connectivity index (χ0) is 21.3. The molecule has 0 unspecified atom stereocenters. The molecule has 30 heavy (non-hydrogen) atoms. The Morgan fingerprint density at radius 3 is 2.83 bits per heavy atom. The van der Waals surface area contributed by atoms with Crippen LogP contribution in [0, 0.1) is 0 Å². The predicted molar refractivity (Wildman–Crippen MR) is 116 cm³/mol. The van der Waals surface area contributed by atoms with E-state index in [1.54, 1.807) is 48.9 Å². The van der Waals surface area contributed by atoms with Gasteiger partial charge in [-0.05, 0) is 42.1 Å². The molecule has 3 aromatic rings. The summed E-state index contributed by atoms with van der Waals surface area (Å²) in [6, 6.07) is 8.58. The first-order valence-electron chi connectivity index (χ1n) is 8.92. The Balaban J connectivity index is 1.60. The van der Waals surface area contributed by atoms with Crippen molar-refractivity contribution in [3.63, 3.8) is 0 Å². The van der Waals surface area contributed by atoms with Gasteiger partial charge in [0.25, 0.3) is 0 Å². The van der Waals surface area contributed by atoms with E-state index in [0.717, 1.165) is 5.56 Å². The number of aromatic nitrogens is 1. The Bertz CT molecular complexity index is 1030. The van der Waals surface area contributed by atoms with Crippen LogP contribution >= 0.6 is 22.7 Å². The van der Waals surface area contributed by atoms with Crippen LogP contribution in [0.2, 0.25) is 0 Å². The van der Waals surface area contributed by atoms with E-state index in [9.17, 15) is 9.59 Å². The van der Waals surface area contributed by atoms with Crippen molar-refractivity contribution in [3.8, 4) is 11.5 Å². The first-order chi connectivity index (χ1) is 14.6. The molecule has 0 bridgehead atoms. The molecule has 0 amide bonds. The smallest absolute Gasteiger partial charge is 0.353 e. The summed E-state index contributed by atoms with van der Waals surface area (Å²) in [4.78, 5) is 28.4. The lowest BCUT2D eigenvalue weighted by Gasteiger charge is -2.09. The minimum atomic E-state index is -0.436. The van der Waals surface area contributed by atoms with Gasteiger partial charge in [-0.1, -0.05) is 6.07 Å². The number of carbonyl (C=O) groups excluding carboxylic acids is 2. The number of ether oxygens (including phenoxy) is 3. The second-order valence-electron chi connectivity index (χ2n) is 5.77. The van der Waals surface area contributed by atoms with Crippen LogP contribution in [0.1, 0.15) is 27.9 Å². The molecule has 0 aliphatic carbocycles. The van der Waals surface area contributed by atoms with Gasteiger partial charge in [-0.2, -0.15) is 5.10 Å². The SMILES string of the molecule is CCOC(=O)Cc1csc(NN=Cc2ccc(OC(=O)c3cccs3)c(OC)c2)n1. The standard InChI is InChI=1S/C20H19N3O5S2/c1-3-27-18(24)10-14-12-30-20(22-14)23-21-11-13-6-7-15(16(9-13)26-2)28-19(25)17-5-4-8-29-17/h4-9,11-12H,3,10H2,1-2H3,(H,22,23). The lowest BCUT2D eigenvalue weighted by Crippen LogP contribution is -2.07. The van der Waals surface area contributed by atoms with Gasteiger partial charge in [0, 0.05) is 5.38 Å². The summed E-state index contributed by atoms with van der Waals surface area (Å²) in [5, 5.41) is 8.28. The zero-order valence-corrected chi connectivity index (χ0v) is 17.9. The molecule has 1 aromatic carbocycles. The molecule has 0 spiro atoms. The first kappa shape index (κ1) is 21.5. The number of methoxy groups -OCH3 is 1. The van der Waals surface area contributed by atoms with Crippen LogP contribution in [0.5, 0.6) is 11.5 Å². The second kappa shape index (κ2) is 10.5. The van der Waals surface area contributed by atoms with E-state index in [1.807, 2.05) is 5.38 Å². The number of hydrogen-bond acceptors (Lipinski definition) is 10. The normalized spacial score (nSPS) is 10.7. The molecule has 0 atom stereocenters. The maximum atomic E-state index is 12.1. The molecule has 156 valence electrons. The van der Waals surface area contributed by atoms with E-state index in [2.05, 4.69) is 15.5 Å². The van der Waals surface area contributed by atoms with Gasteiger partial charge in [0.15, 0.2) is 11.5 Å². The molecule has 0 aliphatic rings. The van der Waals surface area contributed by atoms with Crippen molar-refractivity contribution in [2.45, 2.75) is 13.3 Å². The van der Waals surface area contributed by atoms with Crippen molar-refractivity contribution in [2.24, 2.45) is 5.10 Å². The number of rotatable bonds is 9. The fourth-order valence-corrected chi connectivity index (χ4v) is 3.61. The van der Waals surface area contributed by atoms with Crippen LogP contribution in [0.3, 0.4) is 0 Å². The maximum absolute atomic E-state index is 12.1. The number of hydrazone groups is 1. The molecular formula is C20H19N3O5S2. The summed E-state index contributed by atoms with van der Waals surface area (Å²) in [6.07, 6.45) is 1.71. The largest absolute Gasteiger partial charge is 0.493 e. The summed E-state index contributed by atoms with van der Waals surface area (Å²) >= 11 is 2.64. The molecule has 0 fully saturated rings. The summed E-state index contributed by atoms with van der Waals surface area (Å²) in [5.41, 5.74) is 4.18. The van der Waals surface area contributed by atoms with Gasteiger partial charge in [-0.25, -0.2) is 9.78 Å². The van der Waals surface area contributed by atoms with Crippen LogP contribution in [0.25, 0.3) is 0 Å². The molecular weight excluding hydrogens is 426 g/mol. The van der Waals surface area contributed by atoms with Gasteiger partial charge < -0.3 is 14.2 Å². The molecule has 0 saturated heterocycles. The second-order valence-corrected chi connectivity index (χ2v) is 7.58. The number of thiophene rings is 1. The van der Waals surface area contributed by atoms with Crippen molar-refractivity contribution >= 4 is 46.0 Å². The molecule has 8 nitrogen and oxygen atoms in total. The summed E-state index contributed by atoms with van der Waals surface area (Å²) < 4.78 is 15.6. The number of carbonyl (C=O) groups is 2. The number of nitrogens with one attached hydrogen (secondary N) is 1. The highest BCUT2D eigenvalue weighted by molar-refractivity contribution is 7.13. The number of anilines is 1. The van der Waals surface area contributed by atoms with Gasteiger partial charge in [0.1, 0.15) is 4.88 Å². The molecule has 2 aromatic heterocycles. The average molecular weight is 446 g/mol. The van der Waals surface area contributed by atoms with Crippen molar-refractivity contribution < 1.29 is 23.8 Å². The molecule has 10 heteroatoms. The van der Waals surface area contributed by atoms with Gasteiger partial charge >= 0.3 is 11.9 Å². The van der Waals surface area contributed by atoms with Crippen LogP contribution in [0.4, 0.5) is 5.13 Å². The molecule has 2 heterocycles. The van der Waals surface area contributed by atoms with Gasteiger partial charge in [-0.3, -0.25) is 10.2 Å². The lowest BCUT2D eigenvalue weighted by atomic mass is 10.2. The van der Waals surface area contributed by atoms with Crippen LogP contribution in [-0.4, -0.2) is 36.9 Å². The fraction of sp³-hybridized carbons (Fsp3) is 0.200. The molecule has 3 rings (SSSR count). The highest BCUT2D eigenvalue weighted by Gasteiger charge is 2.13. The third-order valence-electron chi connectivity index (χ3n) is 3.67. The van der Waals surface area contributed by atoms with E-state index in [-0.39, 0.29) is 12.4 Å². The van der Waals surface area contributed by atoms with Gasteiger partial charge in [-0.15, -0.1) is 22.7 Å². The van der Waals surface area contributed by atoms with Crippen LogP contribution < -0.4 is 14.9 Å². The summed E-state index contributed by atoms with van der Waals surface area (Å²) in [7, 11) is 1.50. The zero-order valence-electron chi connectivity index (χ0n) is 16.3. The van der Waals surface area contributed by atoms with E-state index in [4.69, 9.17) is 14.2 Å². The van der Waals surface area contributed by atoms with Crippen molar-refractivity contribution in [1.29, 1.82) is 0 Å². The third kappa shape index (κ3) is 5.88. The lowest BCUT2D eigenvalue weighted by molar-refractivity contribution is -0.142. The Morgan fingerprint density at radius 1 is 1.23 bits per heavy atom. The van der Waals surface area contributed by atoms with E-state index < -0.39 is 5.97 Å². The highest BCUT2D eigenvalue weighted by atomic mass is 32.1. The number of thiazole rings is 1. The fourth-order valence-electron chi connectivity index (χ4n) is 2.36. The van der Waals surface area contributed by atoms with E-state index in [0.29, 0.717) is 33.8 Å². The maximum Gasteiger partial charge on any atom is 0.353 e. The Labute approximate surface area is 181 Å². The highest BCUT2D eigenvalue weighted by Crippen LogP contribution is 2.29. The average Bonchev–Trinajstić information content (AvgIpc) is 3.41. The van der Waals surface area contributed by atoms with Crippen molar-refractivity contribution in [3.05, 3.63) is 57.2 Å². The minimum Gasteiger partial charge on any atom is -0.493 e. The number of esters is 2. The topological polar surface area (TPSA) is 99.1 Å². The van der Waals surface area contributed by atoms with E-state index >= 15 is 0 Å². The van der Waals surface area contributed by atoms with E-state index in [1.165, 1.54) is 29.8 Å². The Kier molecular flexibility index (Phi) is 7.52. The molecule has 1 N–H and O–H groups in total. The summed E-state index contributed by atoms with van der Waals surface area (Å²) in [6.45, 7) is 2.10. The Morgan fingerprint density at radius 2 is 2.10 bits per heavy atom. The first-order valence-corrected chi connectivity index (χ1v) is 10.7. The predicted octanol–water partition coefficient (Wildman–Crippen LogP) is 3.98. The van der Waals surface area contributed by atoms with Crippen molar-refractivity contribution in [2.75, 3.05) is 19.1 Å². The molecule has 0 saturated carbocycles. The third-order valence-corrected chi connectivity index (χ3v) is 5.31.